The van der Waals surface area contributed by atoms with Gasteiger partial charge < -0.3 is 14.7 Å². The first-order valence-corrected chi connectivity index (χ1v) is 8.98. The number of anilines is 1. The van der Waals surface area contributed by atoms with E-state index < -0.39 is 0 Å². The number of para-hydroxylation sites is 1. The number of nitrogens with zero attached hydrogens (tertiary/aromatic N) is 3. The minimum atomic E-state index is -0.103. The molecule has 2 aromatic heterocycles. The van der Waals surface area contributed by atoms with Crippen LogP contribution < -0.4 is 10.2 Å². The number of amides is 1. The molecule has 1 aromatic carbocycles. The van der Waals surface area contributed by atoms with Gasteiger partial charge in [0.05, 0.1) is 16.6 Å². The Labute approximate surface area is 152 Å². The molecule has 4 rings (SSSR count). The molecule has 1 amide bonds. The van der Waals surface area contributed by atoms with Gasteiger partial charge in [-0.3, -0.25) is 4.79 Å². The number of nitrogens with one attached hydrogen (secondary N) is 1. The lowest BCUT2D eigenvalue weighted by Crippen LogP contribution is -2.29. The molecule has 0 saturated heterocycles. The van der Waals surface area contributed by atoms with Gasteiger partial charge in [-0.15, -0.1) is 0 Å². The molecule has 0 unspecified atom stereocenters. The van der Waals surface area contributed by atoms with Crippen LogP contribution in [0.2, 0.25) is 0 Å². The van der Waals surface area contributed by atoms with Crippen molar-refractivity contribution in [3.63, 3.8) is 0 Å². The van der Waals surface area contributed by atoms with Gasteiger partial charge in [0, 0.05) is 31.0 Å². The number of aromatic nitrogens is 2. The van der Waals surface area contributed by atoms with Crippen molar-refractivity contribution in [3.8, 4) is 0 Å². The Kier molecular flexibility index (Phi) is 4.32. The number of pyridine rings is 1. The second-order valence-electron chi connectivity index (χ2n) is 6.73. The molecule has 0 atom stereocenters. The Morgan fingerprint density at radius 1 is 1.31 bits per heavy atom. The number of hydrogen-bond acceptors (Lipinski definition) is 5. The average Bonchev–Trinajstić information content (AvgIpc) is 3.22. The molecule has 0 spiro atoms. The topological polar surface area (TPSA) is 71.3 Å². The number of carbonyl (C=O) groups is 1. The number of carbonyl (C=O) groups excluding carboxylic acids is 1. The van der Waals surface area contributed by atoms with Gasteiger partial charge >= 0.3 is 0 Å². The molecular weight excluding hydrogens is 328 g/mol. The second kappa shape index (κ2) is 6.78. The molecule has 3 aromatic rings. The van der Waals surface area contributed by atoms with Crippen LogP contribution in [0.5, 0.6) is 0 Å². The van der Waals surface area contributed by atoms with E-state index in [2.05, 4.69) is 44.6 Å². The third kappa shape index (κ3) is 3.03. The van der Waals surface area contributed by atoms with Crippen molar-refractivity contribution in [2.24, 2.45) is 0 Å². The molecule has 26 heavy (non-hydrogen) atoms. The smallest absolute Gasteiger partial charge is 0.258 e. The summed E-state index contributed by atoms with van der Waals surface area (Å²) in [6, 6.07) is 10.3. The first kappa shape index (κ1) is 16.6. The van der Waals surface area contributed by atoms with Crippen LogP contribution in [0.25, 0.3) is 11.1 Å². The van der Waals surface area contributed by atoms with Crippen molar-refractivity contribution in [3.05, 3.63) is 52.8 Å². The predicted molar refractivity (Wildman–Crippen MR) is 101 cm³/mol. The first-order chi connectivity index (χ1) is 12.6. The Balaban J connectivity index is 1.37. The van der Waals surface area contributed by atoms with Crippen molar-refractivity contribution in [1.82, 2.24) is 15.5 Å². The fraction of sp³-hybridized carbons (Fsp3) is 0.350. The van der Waals surface area contributed by atoms with Crippen molar-refractivity contribution < 1.29 is 9.32 Å². The van der Waals surface area contributed by atoms with Crippen molar-refractivity contribution in [2.45, 2.75) is 26.7 Å². The maximum absolute atomic E-state index is 12.6. The number of rotatable bonds is 5. The maximum Gasteiger partial charge on any atom is 0.258 e. The van der Waals surface area contributed by atoms with Crippen LogP contribution in [0, 0.1) is 13.8 Å². The molecule has 6 heteroatoms. The molecule has 1 aliphatic rings. The highest BCUT2D eigenvalue weighted by atomic mass is 16.5. The first-order valence-electron chi connectivity index (χ1n) is 8.98. The van der Waals surface area contributed by atoms with Gasteiger partial charge in [-0.2, -0.15) is 0 Å². The molecular formula is C20H22N4O2. The van der Waals surface area contributed by atoms with E-state index in [1.807, 2.05) is 13.8 Å². The van der Waals surface area contributed by atoms with Crippen LogP contribution in [0.1, 0.15) is 33.7 Å². The van der Waals surface area contributed by atoms with E-state index in [4.69, 9.17) is 4.52 Å². The summed E-state index contributed by atoms with van der Waals surface area (Å²) < 4.78 is 5.20. The number of fused-ring (bicyclic) bond motifs is 2. The van der Waals surface area contributed by atoms with Gasteiger partial charge in [0.1, 0.15) is 0 Å². The molecule has 1 N–H and O–H groups in total. The largest absolute Gasteiger partial charge is 0.371 e. The molecule has 3 heterocycles. The molecule has 0 fully saturated rings. The van der Waals surface area contributed by atoms with E-state index >= 15 is 0 Å². The lowest BCUT2D eigenvalue weighted by atomic mass is 10.1. The van der Waals surface area contributed by atoms with Crippen LogP contribution in [-0.2, 0) is 6.42 Å². The molecule has 0 saturated carbocycles. The minimum Gasteiger partial charge on any atom is -0.371 e. The van der Waals surface area contributed by atoms with Gasteiger partial charge in [0.15, 0.2) is 0 Å². The van der Waals surface area contributed by atoms with Gasteiger partial charge in [-0.05, 0) is 44.4 Å². The van der Waals surface area contributed by atoms with Crippen molar-refractivity contribution in [1.29, 1.82) is 0 Å². The van der Waals surface area contributed by atoms with E-state index in [1.165, 1.54) is 11.3 Å². The Hall–Kier alpha value is -2.89. The van der Waals surface area contributed by atoms with E-state index in [-0.39, 0.29) is 5.91 Å². The summed E-state index contributed by atoms with van der Waals surface area (Å²) in [5, 5.41) is 7.64. The SMILES string of the molecule is Cc1cc(C(=O)NCCCN2CCc3ccccc32)c2c(C)noc2n1. The molecule has 0 aliphatic carbocycles. The van der Waals surface area contributed by atoms with Gasteiger partial charge in [0.2, 0.25) is 0 Å². The van der Waals surface area contributed by atoms with Crippen LogP contribution in [-0.4, -0.2) is 35.7 Å². The molecule has 1 aliphatic heterocycles. The van der Waals surface area contributed by atoms with E-state index in [0.29, 0.717) is 28.9 Å². The van der Waals surface area contributed by atoms with Crippen molar-refractivity contribution in [2.75, 3.05) is 24.5 Å². The molecule has 6 nitrogen and oxygen atoms in total. The zero-order chi connectivity index (χ0) is 18.1. The zero-order valence-electron chi connectivity index (χ0n) is 15.1. The minimum absolute atomic E-state index is 0.103. The van der Waals surface area contributed by atoms with Crippen LogP contribution >= 0.6 is 0 Å². The number of aryl methyl sites for hydroxylation is 2. The second-order valence-corrected chi connectivity index (χ2v) is 6.73. The Morgan fingerprint density at radius 3 is 3.04 bits per heavy atom. The Morgan fingerprint density at radius 2 is 2.15 bits per heavy atom. The quantitative estimate of drug-likeness (QED) is 0.716. The van der Waals surface area contributed by atoms with Crippen LogP contribution in [0.4, 0.5) is 5.69 Å². The Bertz CT molecular complexity index is 964. The highest BCUT2D eigenvalue weighted by Crippen LogP contribution is 2.27. The monoisotopic (exact) mass is 350 g/mol. The van der Waals surface area contributed by atoms with E-state index in [9.17, 15) is 4.79 Å². The molecule has 0 bridgehead atoms. The van der Waals surface area contributed by atoms with E-state index in [1.54, 1.807) is 6.07 Å². The maximum atomic E-state index is 12.6. The molecule has 134 valence electrons. The summed E-state index contributed by atoms with van der Waals surface area (Å²) in [5.41, 5.74) is 5.16. The lowest BCUT2D eigenvalue weighted by molar-refractivity contribution is 0.0955. The molecule has 0 radical (unpaired) electrons. The van der Waals surface area contributed by atoms with Gasteiger partial charge in [-0.25, -0.2) is 4.98 Å². The normalized spacial score (nSPS) is 13.2. The number of hydrogen-bond donors (Lipinski definition) is 1. The van der Waals surface area contributed by atoms with Gasteiger partial charge in [-0.1, -0.05) is 23.4 Å². The highest BCUT2D eigenvalue weighted by Gasteiger charge is 2.19. The predicted octanol–water partition coefficient (Wildman–Crippen LogP) is 3.02. The fourth-order valence-electron chi connectivity index (χ4n) is 3.60. The summed E-state index contributed by atoms with van der Waals surface area (Å²) in [6.45, 7) is 6.29. The van der Waals surface area contributed by atoms with Crippen molar-refractivity contribution >= 4 is 22.7 Å². The highest BCUT2D eigenvalue weighted by molar-refractivity contribution is 6.06. The third-order valence-corrected chi connectivity index (χ3v) is 4.86. The summed E-state index contributed by atoms with van der Waals surface area (Å²) in [6.07, 6.45) is 2.00. The van der Waals surface area contributed by atoms with Gasteiger partial charge in [0.25, 0.3) is 11.6 Å². The van der Waals surface area contributed by atoms with Crippen LogP contribution in [0.15, 0.2) is 34.9 Å². The fourth-order valence-corrected chi connectivity index (χ4v) is 3.60. The average molecular weight is 350 g/mol. The lowest BCUT2D eigenvalue weighted by Gasteiger charge is -2.19. The summed E-state index contributed by atoms with van der Waals surface area (Å²) in [7, 11) is 0. The summed E-state index contributed by atoms with van der Waals surface area (Å²) >= 11 is 0. The number of benzene rings is 1. The summed E-state index contributed by atoms with van der Waals surface area (Å²) in [5.74, 6) is -0.103. The van der Waals surface area contributed by atoms with Crippen LogP contribution in [0.3, 0.4) is 0 Å². The van der Waals surface area contributed by atoms with E-state index in [0.717, 1.165) is 31.6 Å². The third-order valence-electron chi connectivity index (χ3n) is 4.86. The zero-order valence-corrected chi connectivity index (χ0v) is 15.1. The standard InChI is InChI=1S/C20H22N4O2/c1-13-12-16(18-14(2)23-26-20(18)22-13)19(25)21-9-5-10-24-11-8-15-6-3-4-7-17(15)24/h3-4,6-7,12H,5,8-11H2,1-2H3,(H,21,25). The summed E-state index contributed by atoms with van der Waals surface area (Å²) in [4.78, 5) is 19.3.